The van der Waals surface area contributed by atoms with Crippen LogP contribution in [-0.4, -0.2) is 68.4 Å². The summed E-state index contributed by atoms with van der Waals surface area (Å²) in [6, 6.07) is 14.1. The number of phenols is 1. The molecule has 2 fully saturated rings. The number of aryl methyl sites for hydroxylation is 1. The molecule has 8 heteroatoms. The minimum absolute atomic E-state index is 0.166. The molecular weight excluding hydrogens is 454 g/mol. The third-order valence-electron chi connectivity index (χ3n) is 7.56. The van der Waals surface area contributed by atoms with Gasteiger partial charge in [0.05, 0.1) is 30.7 Å². The molecule has 36 heavy (non-hydrogen) atoms. The number of fused-ring (bicyclic) bond motifs is 1. The molecule has 2 aromatic carbocycles. The van der Waals surface area contributed by atoms with Crippen LogP contribution < -0.4 is 4.74 Å². The summed E-state index contributed by atoms with van der Waals surface area (Å²) in [5, 5.41) is 25.3. The summed E-state index contributed by atoms with van der Waals surface area (Å²) in [7, 11) is 3.53. The molecule has 0 amide bonds. The van der Waals surface area contributed by atoms with E-state index in [9.17, 15) is 5.11 Å². The topological polar surface area (TPSA) is 85.5 Å². The highest BCUT2D eigenvalue weighted by molar-refractivity contribution is 5.90. The first-order valence-electron chi connectivity index (χ1n) is 12.5. The van der Waals surface area contributed by atoms with Crippen LogP contribution in [0.1, 0.15) is 31.9 Å². The molecule has 3 unspecified atom stereocenters. The van der Waals surface area contributed by atoms with Crippen LogP contribution in [0.5, 0.6) is 11.5 Å². The average molecular weight is 486 g/mol. The van der Waals surface area contributed by atoms with Crippen molar-refractivity contribution in [2.75, 3.05) is 20.2 Å². The van der Waals surface area contributed by atoms with Gasteiger partial charge in [-0.05, 0) is 67.8 Å². The summed E-state index contributed by atoms with van der Waals surface area (Å²) >= 11 is 0. The molecule has 0 bridgehead atoms. The molecule has 4 heterocycles. The predicted octanol–water partition coefficient (Wildman–Crippen LogP) is 4.38. The minimum Gasteiger partial charge on any atom is -0.507 e. The van der Waals surface area contributed by atoms with Crippen molar-refractivity contribution in [3.63, 3.8) is 0 Å². The van der Waals surface area contributed by atoms with E-state index in [4.69, 9.17) is 9.47 Å². The van der Waals surface area contributed by atoms with Crippen molar-refractivity contribution < 1.29 is 14.6 Å². The highest BCUT2D eigenvalue weighted by atomic mass is 16.5. The van der Waals surface area contributed by atoms with E-state index in [0.717, 1.165) is 47.2 Å². The van der Waals surface area contributed by atoms with Crippen molar-refractivity contribution >= 4 is 10.9 Å². The Kier molecular flexibility index (Phi) is 5.65. The maximum atomic E-state index is 10.9. The number of aromatic nitrogens is 4. The van der Waals surface area contributed by atoms with Crippen molar-refractivity contribution in [2.45, 2.75) is 44.4 Å². The third kappa shape index (κ3) is 4.00. The van der Waals surface area contributed by atoms with Gasteiger partial charge in [-0.3, -0.25) is 9.58 Å². The second-order valence-electron chi connectivity index (χ2n) is 10.1. The lowest BCUT2D eigenvalue weighted by Gasteiger charge is -2.43. The Morgan fingerprint density at radius 1 is 1.03 bits per heavy atom. The van der Waals surface area contributed by atoms with E-state index in [0.29, 0.717) is 35.1 Å². The van der Waals surface area contributed by atoms with Crippen molar-refractivity contribution in [3.8, 4) is 33.9 Å². The molecular formula is C28H31N5O3. The number of benzene rings is 2. The Morgan fingerprint density at radius 2 is 1.86 bits per heavy atom. The van der Waals surface area contributed by atoms with E-state index in [1.165, 1.54) is 0 Å². The van der Waals surface area contributed by atoms with E-state index in [1.807, 2.05) is 43.6 Å². The van der Waals surface area contributed by atoms with E-state index >= 15 is 0 Å². The van der Waals surface area contributed by atoms with Crippen LogP contribution in [0.15, 0.2) is 48.7 Å². The molecule has 3 atom stereocenters. The number of hydrogen-bond donors (Lipinski definition) is 1. The molecule has 2 aromatic heterocycles. The standard InChI is InChI=1S/C28H31N5O3/c1-16-9-25(17(2)36-16)33-14-21(15-33)23-7-8-24(30-29-23)22-6-5-18(11-26(22)34)19-10-20-13-32(3)31-28(20)27(12-19)35-4/h5-8,10-13,16-17,21,25,34H,9,14-15H2,1-4H3. The van der Waals surface area contributed by atoms with E-state index in [1.54, 1.807) is 17.9 Å². The zero-order valence-corrected chi connectivity index (χ0v) is 21.0. The minimum atomic E-state index is 0.166. The van der Waals surface area contributed by atoms with Crippen LogP contribution in [0.3, 0.4) is 0 Å². The van der Waals surface area contributed by atoms with E-state index in [-0.39, 0.29) is 11.9 Å². The van der Waals surface area contributed by atoms with Gasteiger partial charge in [0, 0.05) is 49.2 Å². The summed E-state index contributed by atoms with van der Waals surface area (Å²) in [6.07, 6.45) is 3.67. The number of likely N-dealkylation sites (tertiary alicyclic amines) is 1. The third-order valence-corrected chi connectivity index (χ3v) is 7.56. The van der Waals surface area contributed by atoms with Gasteiger partial charge in [0.1, 0.15) is 17.0 Å². The predicted molar refractivity (Wildman–Crippen MR) is 138 cm³/mol. The second kappa shape index (κ2) is 8.87. The lowest BCUT2D eigenvalue weighted by Crippen LogP contribution is -2.53. The number of hydrogen-bond acceptors (Lipinski definition) is 7. The van der Waals surface area contributed by atoms with Crippen LogP contribution in [-0.2, 0) is 11.8 Å². The van der Waals surface area contributed by atoms with Gasteiger partial charge in [0.25, 0.3) is 0 Å². The van der Waals surface area contributed by atoms with Crippen molar-refractivity contribution in [3.05, 3.63) is 54.4 Å². The van der Waals surface area contributed by atoms with Gasteiger partial charge >= 0.3 is 0 Å². The summed E-state index contributed by atoms with van der Waals surface area (Å²) in [5.74, 6) is 1.26. The highest BCUT2D eigenvalue weighted by Gasteiger charge is 2.41. The Labute approximate surface area is 210 Å². The molecule has 186 valence electrons. The summed E-state index contributed by atoms with van der Waals surface area (Å²) < 4.78 is 13.2. The molecule has 0 spiro atoms. The van der Waals surface area contributed by atoms with Crippen LogP contribution in [0, 0.1) is 0 Å². The normalized spacial score (nSPS) is 22.7. The number of ether oxygens (including phenoxy) is 2. The Hall–Kier alpha value is -3.49. The van der Waals surface area contributed by atoms with Crippen molar-refractivity contribution in [1.82, 2.24) is 24.9 Å². The number of aromatic hydroxyl groups is 1. The van der Waals surface area contributed by atoms with Crippen LogP contribution in [0.25, 0.3) is 33.3 Å². The van der Waals surface area contributed by atoms with Crippen molar-refractivity contribution in [1.29, 1.82) is 0 Å². The van der Waals surface area contributed by atoms with E-state index < -0.39 is 0 Å². The fourth-order valence-electron chi connectivity index (χ4n) is 5.64. The van der Waals surface area contributed by atoms with Gasteiger partial charge in [0.15, 0.2) is 0 Å². The SMILES string of the molecule is COc1cc(-c2ccc(-c3ccc(C4CN(C5CC(C)OC5C)C4)nn3)c(O)c2)cc2cn(C)nc12. The van der Waals surface area contributed by atoms with Crippen LogP contribution in [0.2, 0.25) is 0 Å². The van der Waals surface area contributed by atoms with Gasteiger partial charge in [-0.25, -0.2) is 0 Å². The van der Waals surface area contributed by atoms with Gasteiger partial charge in [-0.1, -0.05) is 6.07 Å². The smallest absolute Gasteiger partial charge is 0.147 e. The summed E-state index contributed by atoms with van der Waals surface area (Å²) in [6.45, 7) is 6.30. The van der Waals surface area contributed by atoms with Gasteiger partial charge in [-0.15, -0.1) is 0 Å². The number of nitrogens with zero attached hydrogens (tertiary/aromatic N) is 5. The molecule has 8 nitrogen and oxygen atoms in total. The fourth-order valence-corrected chi connectivity index (χ4v) is 5.64. The zero-order chi connectivity index (χ0) is 25.0. The Bertz CT molecular complexity index is 1410. The lowest BCUT2D eigenvalue weighted by atomic mass is 9.91. The van der Waals surface area contributed by atoms with Gasteiger partial charge in [0.2, 0.25) is 0 Å². The molecule has 2 saturated heterocycles. The molecule has 6 rings (SSSR count). The largest absolute Gasteiger partial charge is 0.507 e. The molecule has 0 radical (unpaired) electrons. The Morgan fingerprint density at radius 3 is 2.53 bits per heavy atom. The molecule has 1 N–H and O–H groups in total. The molecule has 0 aliphatic carbocycles. The summed E-state index contributed by atoms with van der Waals surface area (Å²) in [5.41, 5.74) is 4.97. The number of phenolic OH excluding ortho intramolecular Hbond substituents is 1. The first-order valence-corrected chi connectivity index (χ1v) is 12.5. The van der Waals surface area contributed by atoms with Gasteiger partial charge in [-0.2, -0.15) is 15.3 Å². The lowest BCUT2D eigenvalue weighted by molar-refractivity contribution is 0.0171. The van der Waals surface area contributed by atoms with E-state index in [2.05, 4.69) is 40.1 Å². The first-order chi connectivity index (χ1) is 17.4. The second-order valence-corrected chi connectivity index (χ2v) is 10.1. The summed E-state index contributed by atoms with van der Waals surface area (Å²) in [4.78, 5) is 2.50. The number of rotatable bonds is 5. The van der Waals surface area contributed by atoms with Gasteiger partial charge < -0.3 is 14.6 Å². The van der Waals surface area contributed by atoms with Crippen LogP contribution in [0.4, 0.5) is 0 Å². The molecule has 0 saturated carbocycles. The Balaban J connectivity index is 1.19. The monoisotopic (exact) mass is 485 g/mol. The molecule has 2 aliphatic heterocycles. The highest BCUT2D eigenvalue weighted by Crippen LogP contribution is 2.37. The maximum absolute atomic E-state index is 10.9. The average Bonchev–Trinajstić information content (AvgIpc) is 3.38. The molecule has 2 aliphatic rings. The zero-order valence-electron chi connectivity index (χ0n) is 21.0. The van der Waals surface area contributed by atoms with Crippen molar-refractivity contribution in [2.24, 2.45) is 7.05 Å². The quantitative estimate of drug-likeness (QED) is 0.449. The fraction of sp³-hybridized carbons (Fsp3) is 0.393. The molecule has 4 aromatic rings. The first kappa shape index (κ1) is 22.9. The maximum Gasteiger partial charge on any atom is 0.147 e. The number of methoxy groups -OCH3 is 1. The van der Waals surface area contributed by atoms with Crippen LogP contribution >= 0.6 is 0 Å².